The summed E-state index contributed by atoms with van der Waals surface area (Å²) in [5.41, 5.74) is 1.15. The molecule has 0 saturated carbocycles. The molecule has 0 atom stereocenters. The molecule has 0 aliphatic carbocycles. The summed E-state index contributed by atoms with van der Waals surface area (Å²) in [6.45, 7) is 1.88. The SMILES string of the molecule is O=C(Nc1ccc(F)cc1)N1CCC(N2CCN(Cc3cccc(F)c3)C(=O)C2=O)CC1. The Balaban J connectivity index is 1.29. The van der Waals surface area contributed by atoms with E-state index >= 15 is 0 Å². The fourth-order valence-corrected chi connectivity index (χ4v) is 4.16. The Hall–Kier alpha value is -3.49. The Morgan fingerprint density at radius 3 is 2.31 bits per heavy atom. The Labute approximate surface area is 184 Å². The number of halogens is 2. The number of anilines is 1. The van der Waals surface area contributed by atoms with Gasteiger partial charge in [-0.25, -0.2) is 13.6 Å². The van der Waals surface area contributed by atoms with Gasteiger partial charge in [0, 0.05) is 44.5 Å². The minimum atomic E-state index is -0.586. The highest BCUT2D eigenvalue weighted by Gasteiger charge is 2.38. The monoisotopic (exact) mass is 442 g/mol. The van der Waals surface area contributed by atoms with Crippen LogP contribution in [0.15, 0.2) is 48.5 Å². The lowest BCUT2D eigenvalue weighted by Gasteiger charge is -2.42. The molecule has 0 bridgehead atoms. The molecule has 2 heterocycles. The number of rotatable bonds is 4. The minimum absolute atomic E-state index is 0.113. The van der Waals surface area contributed by atoms with E-state index in [2.05, 4.69) is 5.32 Å². The lowest BCUT2D eigenvalue weighted by Crippen LogP contribution is -2.59. The molecule has 9 heteroatoms. The number of hydrogen-bond acceptors (Lipinski definition) is 3. The highest BCUT2D eigenvalue weighted by molar-refractivity contribution is 6.35. The Morgan fingerprint density at radius 2 is 1.62 bits per heavy atom. The van der Waals surface area contributed by atoms with E-state index in [4.69, 9.17) is 0 Å². The molecule has 2 aromatic rings. The maximum Gasteiger partial charge on any atom is 0.321 e. The van der Waals surface area contributed by atoms with Crippen molar-refractivity contribution in [1.82, 2.24) is 14.7 Å². The van der Waals surface area contributed by atoms with Crippen LogP contribution < -0.4 is 5.32 Å². The molecule has 0 spiro atoms. The van der Waals surface area contributed by atoms with Gasteiger partial charge in [-0.1, -0.05) is 12.1 Å². The number of urea groups is 1. The predicted molar refractivity (Wildman–Crippen MR) is 114 cm³/mol. The molecule has 32 heavy (non-hydrogen) atoms. The van der Waals surface area contributed by atoms with Gasteiger partial charge < -0.3 is 20.0 Å². The number of amides is 4. The highest BCUT2D eigenvalue weighted by atomic mass is 19.1. The molecule has 0 unspecified atom stereocenters. The molecule has 4 rings (SSSR count). The standard InChI is InChI=1S/C23H24F2N4O3/c24-17-4-6-19(7-5-17)26-23(32)27-10-8-20(9-11-27)29-13-12-28(21(30)22(29)31)15-16-2-1-3-18(25)14-16/h1-7,14,20H,8-13,15H2,(H,26,32). The fraction of sp³-hybridized carbons (Fsp3) is 0.348. The van der Waals surface area contributed by atoms with Gasteiger partial charge in [-0.05, 0) is 54.8 Å². The Morgan fingerprint density at radius 1 is 0.906 bits per heavy atom. The molecule has 0 radical (unpaired) electrons. The van der Waals surface area contributed by atoms with Gasteiger partial charge in [0.2, 0.25) is 0 Å². The van der Waals surface area contributed by atoms with Gasteiger partial charge in [-0.2, -0.15) is 0 Å². The lowest BCUT2D eigenvalue weighted by molar-refractivity contribution is -0.158. The van der Waals surface area contributed by atoms with Crippen molar-refractivity contribution >= 4 is 23.5 Å². The van der Waals surface area contributed by atoms with Crippen LogP contribution in [0.1, 0.15) is 18.4 Å². The molecule has 2 saturated heterocycles. The summed E-state index contributed by atoms with van der Waals surface area (Å²) in [5, 5.41) is 2.73. The molecule has 2 aromatic carbocycles. The van der Waals surface area contributed by atoms with Gasteiger partial charge >= 0.3 is 17.8 Å². The first-order valence-electron chi connectivity index (χ1n) is 10.6. The Bertz CT molecular complexity index is 1010. The zero-order valence-corrected chi connectivity index (χ0v) is 17.5. The van der Waals surface area contributed by atoms with E-state index < -0.39 is 11.8 Å². The summed E-state index contributed by atoms with van der Waals surface area (Å²) < 4.78 is 26.4. The highest BCUT2D eigenvalue weighted by Crippen LogP contribution is 2.21. The lowest BCUT2D eigenvalue weighted by atomic mass is 10.0. The smallest absolute Gasteiger partial charge is 0.321 e. The van der Waals surface area contributed by atoms with Crippen molar-refractivity contribution in [3.05, 3.63) is 65.7 Å². The zero-order chi connectivity index (χ0) is 22.7. The van der Waals surface area contributed by atoms with E-state index in [1.807, 2.05) is 0 Å². The van der Waals surface area contributed by atoms with Crippen molar-refractivity contribution < 1.29 is 23.2 Å². The van der Waals surface area contributed by atoms with Gasteiger partial charge in [-0.15, -0.1) is 0 Å². The molecule has 2 aliphatic rings. The van der Waals surface area contributed by atoms with Crippen molar-refractivity contribution in [1.29, 1.82) is 0 Å². The number of carbonyl (C=O) groups is 3. The summed E-state index contributed by atoms with van der Waals surface area (Å²) in [6, 6.07) is 11.1. The summed E-state index contributed by atoms with van der Waals surface area (Å²) in [7, 11) is 0. The summed E-state index contributed by atoms with van der Waals surface area (Å²) >= 11 is 0. The second-order valence-electron chi connectivity index (χ2n) is 8.01. The van der Waals surface area contributed by atoms with E-state index in [0.29, 0.717) is 50.3 Å². The van der Waals surface area contributed by atoms with Gasteiger partial charge in [0.05, 0.1) is 0 Å². The van der Waals surface area contributed by atoms with Crippen LogP contribution in [0, 0.1) is 11.6 Å². The van der Waals surface area contributed by atoms with E-state index in [1.54, 1.807) is 21.9 Å². The molecule has 7 nitrogen and oxygen atoms in total. The number of carbonyl (C=O) groups excluding carboxylic acids is 3. The number of nitrogens with zero attached hydrogens (tertiary/aromatic N) is 3. The fourth-order valence-electron chi connectivity index (χ4n) is 4.16. The number of nitrogens with one attached hydrogen (secondary N) is 1. The second-order valence-corrected chi connectivity index (χ2v) is 8.01. The molecular formula is C23H24F2N4O3. The van der Waals surface area contributed by atoms with Gasteiger partial charge in [-0.3, -0.25) is 9.59 Å². The van der Waals surface area contributed by atoms with Gasteiger partial charge in [0.1, 0.15) is 11.6 Å². The predicted octanol–water partition coefficient (Wildman–Crippen LogP) is 2.83. The number of likely N-dealkylation sites (tertiary alicyclic amines) is 1. The maximum atomic E-state index is 13.4. The molecular weight excluding hydrogens is 418 g/mol. The second kappa shape index (κ2) is 9.33. The number of hydrogen-bond donors (Lipinski definition) is 1. The first-order chi connectivity index (χ1) is 15.4. The average Bonchev–Trinajstić information content (AvgIpc) is 2.79. The van der Waals surface area contributed by atoms with E-state index in [9.17, 15) is 23.2 Å². The van der Waals surface area contributed by atoms with Crippen LogP contribution in [0.3, 0.4) is 0 Å². The topological polar surface area (TPSA) is 73.0 Å². The first kappa shape index (κ1) is 21.7. The first-order valence-corrected chi connectivity index (χ1v) is 10.6. The van der Waals surface area contributed by atoms with Crippen LogP contribution in [0.25, 0.3) is 0 Å². The molecule has 4 amide bonds. The average molecular weight is 442 g/mol. The van der Waals surface area contributed by atoms with Crippen LogP contribution in [-0.2, 0) is 16.1 Å². The third kappa shape index (κ3) is 4.87. The minimum Gasteiger partial charge on any atom is -0.330 e. The quantitative estimate of drug-likeness (QED) is 0.741. The normalized spacial score (nSPS) is 17.6. The van der Waals surface area contributed by atoms with Crippen molar-refractivity contribution in [2.45, 2.75) is 25.4 Å². The Kier molecular flexibility index (Phi) is 6.34. The number of benzene rings is 2. The largest absolute Gasteiger partial charge is 0.330 e. The van der Waals surface area contributed by atoms with Crippen LogP contribution in [0.4, 0.5) is 19.3 Å². The molecule has 2 fully saturated rings. The van der Waals surface area contributed by atoms with Crippen LogP contribution in [0.5, 0.6) is 0 Å². The van der Waals surface area contributed by atoms with Crippen LogP contribution in [-0.4, -0.2) is 64.8 Å². The van der Waals surface area contributed by atoms with Gasteiger partial charge in [0.25, 0.3) is 0 Å². The molecule has 1 N–H and O–H groups in total. The number of piperazine rings is 1. The molecule has 2 aliphatic heterocycles. The third-order valence-electron chi connectivity index (χ3n) is 5.89. The van der Waals surface area contributed by atoms with E-state index in [1.165, 1.54) is 41.3 Å². The van der Waals surface area contributed by atoms with Crippen LogP contribution in [0.2, 0.25) is 0 Å². The van der Waals surface area contributed by atoms with E-state index in [0.717, 1.165) is 0 Å². The zero-order valence-electron chi connectivity index (χ0n) is 17.5. The van der Waals surface area contributed by atoms with Crippen molar-refractivity contribution in [3.63, 3.8) is 0 Å². The molecule has 0 aromatic heterocycles. The number of piperidine rings is 1. The summed E-state index contributed by atoms with van der Waals surface area (Å²) in [5.74, 6) is -1.90. The van der Waals surface area contributed by atoms with Crippen molar-refractivity contribution in [3.8, 4) is 0 Å². The van der Waals surface area contributed by atoms with Crippen molar-refractivity contribution in [2.75, 3.05) is 31.5 Å². The third-order valence-corrected chi connectivity index (χ3v) is 5.89. The maximum absolute atomic E-state index is 13.4. The van der Waals surface area contributed by atoms with Gasteiger partial charge in [0.15, 0.2) is 0 Å². The molecule has 168 valence electrons. The van der Waals surface area contributed by atoms with E-state index in [-0.39, 0.29) is 30.3 Å². The van der Waals surface area contributed by atoms with Crippen LogP contribution >= 0.6 is 0 Å². The summed E-state index contributed by atoms with van der Waals surface area (Å²) in [6.07, 6.45) is 1.14. The van der Waals surface area contributed by atoms with Crippen molar-refractivity contribution in [2.24, 2.45) is 0 Å². The summed E-state index contributed by atoms with van der Waals surface area (Å²) in [4.78, 5) is 42.5.